The first kappa shape index (κ1) is 13.8. The highest BCUT2D eigenvalue weighted by atomic mass is 32.2. The topological polar surface area (TPSA) is 56.3 Å². The van der Waals surface area contributed by atoms with Crippen molar-refractivity contribution in [3.8, 4) is 0 Å². The van der Waals surface area contributed by atoms with Crippen LogP contribution in [0.2, 0.25) is 0 Å². The minimum atomic E-state index is -4.94. The summed E-state index contributed by atoms with van der Waals surface area (Å²) in [5.41, 5.74) is -2.23. The van der Waals surface area contributed by atoms with Gasteiger partial charge in [0, 0.05) is 11.8 Å². The molecule has 0 saturated heterocycles. The summed E-state index contributed by atoms with van der Waals surface area (Å²) in [6, 6.07) is 0.912. The lowest BCUT2D eigenvalue weighted by atomic mass is 10.2. The second kappa shape index (κ2) is 4.57. The fourth-order valence-electron chi connectivity index (χ4n) is 0.963. The molecule has 0 bridgehead atoms. The van der Waals surface area contributed by atoms with Gasteiger partial charge in [-0.1, -0.05) is 0 Å². The van der Waals surface area contributed by atoms with Crippen molar-refractivity contribution in [2.45, 2.75) is 12.8 Å². The zero-order valence-electron chi connectivity index (χ0n) is 8.45. The van der Waals surface area contributed by atoms with Gasteiger partial charge < -0.3 is 0 Å². The van der Waals surface area contributed by atoms with Gasteiger partial charge in [0.15, 0.2) is 11.5 Å². The van der Waals surface area contributed by atoms with E-state index in [0.717, 1.165) is 12.3 Å². The van der Waals surface area contributed by atoms with Crippen LogP contribution in [0.25, 0.3) is 0 Å². The zero-order valence-corrected chi connectivity index (χ0v) is 9.27. The Balaban J connectivity index is 3.04. The van der Waals surface area contributed by atoms with E-state index in [1.165, 1.54) is 0 Å². The lowest BCUT2D eigenvalue weighted by molar-refractivity contribution is -0.143. The van der Waals surface area contributed by atoms with Gasteiger partial charge in [0.05, 0.1) is 12.9 Å². The molecule has 0 N–H and O–H groups in total. The largest absolute Gasteiger partial charge is 0.436 e. The summed E-state index contributed by atoms with van der Waals surface area (Å²) >= 11 is 0. The Kier molecular flexibility index (Phi) is 3.72. The molecule has 0 aliphatic rings. The number of rotatable bonds is 3. The third kappa shape index (κ3) is 3.93. The summed E-state index contributed by atoms with van der Waals surface area (Å²) in [6.07, 6.45) is -3.51. The molecule has 96 valence electrons. The number of alkyl halides is 3. The summed E-state index contributed by atoms with van der Waals surface area (Å²) in [4.78, 5) is 2.85. The van der Waals surface area contributed by atoms with Crippen molar-refractivity contribution >= 4 is 10.1 Å². The van der Waals surface area contributed by atoms with Crippen LogP contribution >= 0.6 is 0 Å². The van der Waals surface area contributed by atoms with E-state index in [0.29, 0.717) is 6.26 Å². The molecule has 0 radical (unpaired) electrons. The van der Waals surface area contributed by atoms with Gasteiger partial charge in [-0.15, -0.1) is 0 Å². The number of hydrogen-bond donors (Lipinski definition) is 0. The maximum atomic E-state index is 13.3. The number of pyridine rings is 1. The Morgan fingerprint density at radius 1 is 1.41 bits per heavy atom. The predicted octanol–water partition coefficient (Wildman–Crippen LogP) is 1.72. The quantitative estimate of drug-likeness (QED) is 0.621. The molecule has 1 rings (SSSR count). The molecule has 0 unspecified atom stereocenters. The van der Waals surface area contributed by atoms with Crippen LogP contribution in [-0.2, 0) is 27.1 Å². The molecule has 0 aliphatic heterocycles. The first-order valence-electron chi connectivity index (χ1n) is 4.16. The average molecular weight is 273 g/mol. The summed E-state index contributed by atoms with van der Waals surface area (Å²) in [7, 11) is -3.86. The molecule has 0 aliphatic carbocycles. The van der Waals surface area contributed by atoms with Crippen LogP contribution < -0.4 is 0 Å². The summed E-state index contributed by atoms with van der Waals surface area (Å²) < 4.78 is 75.4. The van der Waals surface area contributed by atoms with E-state index in [1.54, 1.807) is 0 Å². The Morgan fingerprint density at radius 2 is 2.00 bits per heavy atom. The van der Waals surface area contributed by atoms with Crippen LogP contribution in [0.1, 0.15) is 11.3 Å². The molecule has 9 heteroatoms. The van der Waals surface area contributed by atoms with Gasteiger partial charge in [0.2, 0.25) is 0 Å². The second-order valence-corrected chi connectivity index (χ2v) is 4.74. The van der Waals surface area contributed by atoms with Crippen LogP contribution in [0, 0.1) is 5.82 Å². The van der Waals surface area contributed by atoms with Crippen molar-refractivity contribution < 1.29 is 30.2 Å². The molecular weight excluding hydrogens is 266 g/mol. The van der Waals surface area contributed by atoms with Crippen LogP contribution in [0.4, 0.5) is 17.6 Å². The van der Waals surface area contributed by atoms with Crippen molar-refractivity contribution in [2.24, 2.45) is 0 Å². The molecule has 0 fully saturated rings. The predicted molar refractivity (Wildman–Crippen MR) is 48.8 cm³/mol. The third-order valence-corrected chi connectivity index (χ3v) is 2.21. The van der Waals surface area contributed by atoms with Crippen molar-refractivity contribution in [3.05, 3.63) is 29.3 Å². The Bertz CT molecular complexity index is 512. The summed E-state index contributed by atoms with van der Waals surface area (Å²) in [5.74, 6) is -1.64. The number of aromatic nitrogens is 1. The fraction of sp³-hybridized carbons (Fsp3) is 0.375. The maximum Gasteiger partial charge on any atom is 0.436 e. The molecule has 0 atom stereocenters. The van der Waals surface area contributed by atoms with Gasteiger partial charge in [0.1, 0.15) is 0 Å². The number of nitrogens with zero attached hydrogens (tertiary/aromatic N) is 1. The smallest absolute Gasteiger partial charge is 0.265 e. The first-order chi connectivity index (χ1) is 7.61. The van der Waals surface area contributed by atoms with Crippen molar-refractivity contribution in [2.75, 3.05) is 6.26 Å². The third-order valence-electron chi connectivity index (χ3n) is 1.67. The van der Waals surface area contributed by atoms with Gasteiger partial charge in [-0.2, -0.15) is 21.6 Å². The Labute approximate surface area is 94.4 Å². The lowest BCUT2D eigenvalue weighted by Crippen LogP contribution is -2.13. The maximum absolute atomic E-state index is 13.3. The van der Waals surface area contributed by atoms with Crippen LogP contribution in [0.5, 0.6) is 0 Å². The van der Waals surface area contributed by atoms with E-state index in [-0.39, 0.29) is 0 Å². The SMILES string of the molecule is CS(=O)(=O)OCc1ccnc(C(F)(F)F)c1F. The van der Waals surface area contributed by atoms with E-state index in [1.807, 2.05) is 0 Å². The Morgan fingerprint density at radius 3 is 2.47 bits per heavy atom. The molecule has 0 aromatic carbocycles. The summed E-state index contributed by atoms with van der Waals surface area (Å²) in [5, 5.41) is 0. The lowest BCUT2D eigenvalue weighted by Gasteiger charge is -2.09. The van der Waals surface area contributed by atoms with Gasteiger partial charge >= 0.3 is 6.18 Å². The highest BCUT2D eigenvalue weighted by Gasteiger charge is 2.36. The number of halogens is 4. The minimum absolute atomic E-state index is 0.530. The monoisotopic (exact) mass is 273 g/mol. The van der Waals surface area contributed by atoms with E-state index in [2.05, 4.69) is 9.17 Å². The molecule has 0 amide bonds. The Hall–Kier alpha value is -1.22. The van der Waals surface area contributed by atoms with Crippen molar-refractivity contribution in [1.29, 1.82) is 0 Å². The molecule has 1 aromatic rings. The van der Waals surface area contributed by atoms with Gasteiger partial charge in [-0.05, 0) is 6.07 Å². The van der Waals surface area contributed by atoms with Gasteiger partial charge in [0.25, 0.3) is 10.1 Å². The molecule has 1 aromatic heterocycles. The van der Waals surface area contributed by atoms with Crippen LogP contribution in [-0.4, -0.2) is 19.7 Å². The van der Waals surface area contributed by atoms with Crippen molar-refractivity contribution in [3.63, 3.8) is 0 Å². The van der Waals surface area contributed by atoms with E-state index in [9.17, 15) is 26.0 Å². The molecule has 17 heavy (non-hydrogen) atoms. The molecule has 1 heterocycles. The summed E-state index contributed by atoms with van der Waals surface area (Å²) in [6.45, 7) is -0.809. The molecular formula is C8H7F4NO3S. The minimum Gasteiger partial charge on any atom is -0.265 e. The highest BCUT2D eigenvalue weighted by Crippen LogP contribution is 2.30. The molecule has 0 saturated carbocycles. The highest BCUT2D eigenvalue weighted by molar-refractivity contribution is 7.85. The number of hydrogen-bond acceptors (Lipinski definition) is 4. The normalized spacial score (nSPS) is 12.8. The van der Waals surface area contributed by atoms with Crippen LogP contribution in [0.15, 0.2) is 12.3 Å². The zero-order chi connectivity index (χ0) is 13.3. The van der Waals surface area contributed by atoms with E-state index in [4.69, 9.17) is 0 Å². The standard InChI is InChI=1S/C8H7F4NO3S/c1-17(14,15)16-4-5-2-3-13-7(6(5)9)8(10,11)12/h2-3H,4H2,1H3. The molecule has 0 spiro atoms. The van der Waals surface area contributed by atoms with Crippen molar-refractivity contribution in [1.82, 2.24) is 4.98 Å². The van der Waals surface area contributed by atoms with E-state index >= 15 is 0 Å². The van der Waals surface area contributed by atoms with Crippen LogP contribution in [0.3, 0.4) is 0 Å². The second-order valence-electron chi connectivity index (χ2n) is 3.10. The van der Waals surface area contributed by atoms with Gasteiger partial charge in [-0.3, -0.25) is 4.18 Å². The fourth-order valence-corrected chi connectivity index (χ4v) is 1.30. The van der Waals surface area contributed by atoms with E-state index < -0.39 is 40.0 Å². The first-order valence-corrected chi connectivity index (χ1v) is 5.98. The molecule has 4 nitrogen and oxygen atoms in total. The average Bonchev–Trinajstić information content (AvgIpc) is 2.13. The van der Waals surface area contributed by atoms with Gasteiger partial charge in [-0.25, -0.2) is 9.37 Å².